The molecular weight excluding hydrogens is 517 g/mol. The van der Waals surface area contributed by atoms with E-state index in [2.05, 4.69) is 125 Å². The van der Waals surface area contributed by atoms with Crippen LogP contribution in [-0.4, -0.2) is 17.0 Å². The number of para-hydroxylation sites is 2. The number of nitrogens with zero attached hydrogens (tertiary/aromatic N) is 1. The van der Waals surface area contributed by atoms with Gasteiger partial charge in [0.2, 0.25) is 0 Å². The first-order chi connectivity index (χ1) is 18.5. The van der Waals surface area contributed by atoms with Crippen LogP contribution < -0.4 is 10.2 Å². The first-order valence-corrected chi connectivity index (χ1v) is 15.6. The Kier molecular flexibility index (Phi) is 6.59. The molecule has 0 amide bonds. The minimum absolute atomic E-state index is 0.139. The van der Waals surface area contributed by atoms with Gasteiger partial charge in [-0.15, -0.1) is 11.8 Å². The van der Waals surface area contributed by atoms with Crippen molar-refractivity contribution in [1.29, 1.82) is 0 Å². The Morgan fingerprint density at radius 3 is 2.31 bits per heavy atom. The summed E-state index contributed by atoms with van der Waals surface area (Å²) in [6, 6.07) is 22.2. The maximum atomic E-state index is 11.2. The standard InChI is InChI=1S/C34H38N2OS2/c1-33(2,3)24-17-23(18-25(32(24)37)34(4,5)6)38-20-36-28-13-9-7-11-21(28)15-22-16-27-31(19-29(22)36)39-30-14-10-8-12-26(30)35-27/h7-14,16-19,22,29,35,37H,15,20H2,1-6H3. The van der Waals surface area contributed by atoms with E-state index in [-0.39, 0.29) is 10.8 Å². The van der Waals surface area contributed by atoms with Crippen LogP contribution in [0.4, 0.5) is 11.4 Å². The van der Waals surface area contributed by atoms with E-state index in [0.717, 1.165) is 23.4 Å². The predicted molar refractivity (Wildman–Crippen MR) is 168 cm³/mol. The highest BCUT2D eigenvalue weighted by Crippen LogP contribution is 2.48. The van der Waals surface area contributed by atoms with Gasteiger partial charge in [-0.2, -0.15) is 0 Å². The van der Waals surface area contributed by atoms with Crippen LogP contribution in [-0.2, 0) is 17.3 Å². The molecule has 0 saturated carbocycles. The van der Waals surface area contributed by atoms with Crippen molar-refractivity contribution in [3.05, 3.63) is 100 Å². The number of nitrogens with one attached hydrogen (secondary N) is 1. The van der Waals surface area contributed by atoms with E-state index in [0.29, 0.717) is 17.7 Å². The number of aromatic hydroxyl groups is 1. The average molecular weight is 555 g/mol. The lowest BCUT2D eigenvalue weighted by atomic mass is 9.79. The molecule has 0 bridgehead atoms. The van der Waals surface area contributed by atoms with Gasteiger partial charge in [-0.25, -0.2) is 0 Å². The van der Waals surface area contributed by atoms with Gasteiger partial charge in [-0.3, -0.25) is 0 Å². The molecule has 2 unspecified atom stereocenters. The maximum absolute atomic E-state index is 11.2. The molecule has 2 aliphatic heterocycles. The molecule has 5 heteroatoms. The predicted octanol–water partition coefficient (Wildman–Crippen LogP) is 9.08. The summed E-state index contributed by atoms with van der Waals surface area (Å²) >= 11 is 3.75. The van der Waals surface area contributed by atoms with Crippen LogP contribution in [0.5, 0.6) is 5.75 Å². The summed E-state index contributed by atoms with van der Waals surface area (Å²) in [7, 11) is 0. The monoisotopic (exact) mass is 554 g/mol. The second-order valence-corrected chi connectivity index (χ2v) is 15.0. The molecule has 3 aromatic rings. The Morgan fingerprint density at radius 2 is 1.59 bits per heavy atom. The molecule has 3 nitrogen and oxygen atoms in total. The normalized spacial score (nSPS) is 20.1. The molecule has 2 N–H and O–H groups in total. The Bertz CT molecular complexity index is 1460. The second kappa shape index (κ2) is 9.71. The van der Waals surface area contributed by atoms with Crippen molar-refractivity contribution >= 4 is 34.9 Å². The first-order valence-electron chi connectivity index (χ1n) is 13.8. The molecule has 1 aliphatic carbocycles. The van der Waals surface area contributed by atoms with E-state index in [4.69, 9.17) is 0 Å². The van der Waals surface area contributed by atoms with Gasteiger partial charge in [0.05, 0.1) is 17.6 Å². The SMILES string of the molecule is CC(C)(C)c1cc(SCN2c3ccccc3CC3C=C4Nc5ccccc5SC4=CC32)cc(C(C)(C)C)c1O. The van der Waals surface area contributed by atoms with Crippen molar-refractivity contribution in [2.24, 2.45) is 5.92 Å². The van der Waals surface area contributed by atoms with Gasteiger partial charge in [0.25, 0.3) is 0 Å². The minimum atomic E-state index is -0.139. The molecule has 0 spiro atoms. The zero-order valence-electron chi connectivity index (χ0n) is 23.7. The number of phenols is 1. The van der Waals surface area contributed by atoms with Crippen molar-refractivity contribution in [2.75, 3.05) is 16.1 Å². The molecule has 3 aromatic carbocycles. The lowest BCUT2D eigenvalue weighted by molar-refractivity contribution is 0.422. The molecule has 3 aliphatic rings. The topological polar surface area (TPSA) is 35.5 Å². The van der Waals surface area contributed by atoms with Gasteiger partial charge < -0.3 is 15.3 Å². The number of benzene rings is 3. The molecule has 39 heavy (non-hydrogen) atoms. The Labute approximate surface area is 241 Å². The van der Waals surface area contributed by atoms with E-state index in [1.807, 2.05) is 23.5 Å². The van der Waals surface area contributed by atoms with Gasteiger partial charge in [-0.1, -0.05) is 89.7 Å². The van der Waals surface area contributed by atoms with Crippen molar-refractivity contribution in [3.8, 4) is 5.75 Å². The maximum Gasteiger partial charge on any atom is 0.123 e. The van der Waals surface area contributed by atoms with Crippen LogP contribution >= 0.6 is 23.5 Å². The van der Waals surface area contributed by atoms with E-state index < -0.39 is 0 Å². The van der Waals surface area contributed by atoms with Crippen molar-refractivity contribution in [2.45, 2.75) is 74.6 Å². The fourth-order valence-electron chi connectivity index (χ4n) is 5.89. The fraction of sp³-hybridized carbons (Fsp3) is 0.353. The van der Waals surface area contributed by atoms with Gasteiger partial charge in [0, 0.05) is 43.1 Å². The van der Waals surface area contributed by atoms with Crippen LogP contribution in [0.15, 0.2) is 93.2 Å². The lowest BCUT2D eigenvalue weighted by Gasteiger charge is -2.44. The fourth-order valence-corrected chi connectivity index (χ4v) is 7.94. The first kappa shape index (κ1) is 26.5. The highest BCUT2D eigenvalue weighted by atomic mass is 32.2. The lowest BCUT2D eigenvalue weighted by Crippen LogP contribution is -2.45. The molecule has 2 heterocycles. The summed E-state index contributed by atoms with van der Waals surface area (Å²) in [6.07, 6.45) is 6.00. The Balaban J connectivity index is 1.36. The van der Waals surface area contributed by atoms with Crippen LogP contribution in [0, 0.1) is 5.92 Å². The molecular formula is C34H38N2OS2. The molecule has 2 atom stereocenters. The largest absolute Gasteiger partial charge is 0.507 e. The number of phenolic OH excluding ortho intramolecular Hbond substituents is 1. The highest BCUT2D eigenvalue weighted by Gasteiger charge is 2.37. The van der Waals surface area contributed by atoms with Crippen molar-refractivity contribution in [1.82, 2.24) is 0 Å². The van der Waals surface area contributed by atoms with Crippen molar-refractivity contribution < 1.29 is 5.11 Å². The highest BCUT2D eigenvalue weighted by molar-refractivity contribution is 8.03. The molecule has 0 aromatic heterocycles. The van der Waals surface area contributed by atoms with Crippen LogP contribution in [0.2, 0.25) is 0 Å². The van der Waals surface area contributed by atoms with Crippen molar-refractivity contribution in [3.63, 3.8) is 0 Å². The molecule has 0 saturated heterocycles. The average Bonchev–Trinajstić information content (AvgIpc) is 2.88. The molecule has 6 rings (SSSR count). The Hall–Kier alpha value is -2.76. The van der Waals surface area contributed by atoms with Gasteiger partial charge in [0.15, 0.2) is 0 Å². The molecule has 202 valence electrons. The van der Waals surface area contributed by atoms with Crippen LogP contribution in [0.3, 0.4) is 0 Å². The third kappa shape index (κ3) is 5.00. The zero-order chi connectivity index (χ0) is 27.5. The smallest absolute Gasteiger partial charge is 0.123 e. The number of hydrogen-bond acceptors (Lipinski definition) is 5. The zero-order valence-corrected chi connectivity index (χ0v) is 25.3. The van der Waals surface area contributed by atoms with E-state index in [1.54, 1.807) is 0 Å². The minimum Gasteiger partial charge on any atom is -0.507 e. The molecule has 0 fully saturated rings. The third-order valence-corrected chi connectivity index (χ3v) is 10.1. The Morgan fingerprint density at radius 1 is 0.923 bits per heavy atom. The summed E-state index contributed by atoms with van der Waals surface area (Å²) < 4.78 is 0. The second-order valence-electron chi connectivity index (χ2n) is 12.9. The van der Waals surface area contributed by atoms with Crippen LogP contribution in [0.1, 0.15) is 58.2 Å². The third-order valence-electron chi connectivity index (χ3n) is 7.97. The van der Waals surface area contributed by atoms with E-state index >= 15 is 0 Å². The number of hydrogen-bond donors (Lipinski definition) is 2. The number of thioether (sulfide) groups is 2. The summed E-state index contributed by atoms with van der Waals surface area (Å²) in [5, 5.41) is 14.9. The summed E-state index contributed by atoms with van der Waals surface area (Å²) in [5.41, 5.74) is 6.95. The van der Waals surface area contributed by atoms with Gasteiger partial charge >= 0.3 is 0 Å². The van der Waals surface area contributed by atoms with Gasteiger partial charge in [-0.05, 0) is 59.2 Å². The van der Waals surface area contributed by atoms with Crippen LogP contribution in [0.25, 0.3) is 0 Å². The number of anilines is 2. The van der Waals surface area contributed by atoms with E-state index in [1.165, 1.54) is 37.3 Å². The number of rotatable bonds is 3. The number of fused-ring (bicyclic) bond motifs is 4. The molecule has 0 radical (unpaired) electrons. The summed E-state index contributed by atoms with van der Waals surface area (Å²) in [5.74, 6) is 1.70. The van der Waals surface area contributed by atoms with Gasteiger partial charge in [0.1, 0.15) is 5.75 Å². The quantitative estimate of drug-likeness (QED) is 0.316. The van der Waals surface area contributed by atoms with E-state index in [9.17, 15) is 5.11 Å². The summed E-state index contributed by atoms with van der Waals surface area (Å²) in [4.78, 5) is 6.41. The summed E-state index contributed by atoms with van der Waals surface area (Å²) in [6.45, 7) is 13.1.